The normalized spacial score (nSPS) is 17.1. The first-order valence-corrected chi connectivity index (χ1v) is 11.9. The van der Waals surface area contributed by atoms with Crippen molar-refractivity contribution >= 4 is 26.8 Å². The average molecular weight is 407 g/mol. The Balaban J connectivity index is 1.78. The third-order valence-electron chi connectivity index (χ3n) is 5.66. The number of rotatable bonds is 8. The van der Waals surface area contributed by atoms with E-state index in [2.05, 4.69) is 34.7 Å². The van der Waals surface area contributed by atoms with Crippen molar-refractivity contribution in [3.63, 3.8) is 0 Å². The van der Waals surface area contributed by atoms with Crippen LogP contribution in [-0.2, 0) is 10.2 Å². The van der Waals surface area contributed by atoms with Gasteiger partial charge in [0.25, 0.3) is 0 Å². The van der Waals surface area contributed by atoms with Gasteiger partial charge in [0, 0.05) is 36.7 Å². The summed E-state index contributed by atoms with van der Waals surface area (Å²) in [4.78, 5) is 5.92. The van der Waals surface area contributed by atoms with Gasteiger partial charge in [-0.3, -0.25) is 4.72 Å². The lowest BCUT2D eigenvalue weighted by molar-refractivity contribution is 0.192. The van der Waals surface area contributed by atoms with Gasteiger partial charge in [-0.2, -0.15) is 12.7 Å². The Morgan fingerprint density at radius 3 is 2.50 bits per heavy atom. The highest BCUT2D eigenvalue weighted by molar-refractivity contribution is 7.90. The van der Waals surface area contributed by atoms with Crippen molar-refractivity contribution < 1.29 is 8.42 Å². The molecule has 0 spiro atoms. The van der Waals surface area contributed by atoms with Crippen LogP contribution in [0.2, 0.25) is 0 Å². The van der Waals surface area contributed by atoms with E-state index in [-0.39, 0.29) is 0 Å². The van der Waals surface area contributed by atoms with Crippen molar-refractivity contribution in [1.82, 2.24) is 14.2 Å². The van der Waals surface area contributed by atoms with E-state index in [1.54, 1.807) is 0 Å². The van der Waals surface area contributed by atoms with Crippen LogP contribution < -0.4 is 4.72 Å². The molecule has 1 aliphatic rings. The smallest absolute Gasteiger partial charge is 0.301 e. The number of anilines is 1. The van der Waals surface area contributed by atoms with Crippen LogP contribution in [0.3, 0.4) is 0 Å². The SMILES string of the molecule is CCN(CC)S(=O)(=O)Nc1ccc2[nH]cc(C3CCN(CC(C)C)CC3)c2c1. The molecule has 1 aliphatic heterocycles. The van der Waals surface area contributed by atoms with Crippen LogP contribution in [0.25, 0.3) is 10.9 Å². The minimum atomic E-state index is -3.52. The van der Waals surface area contributed by atoms with Gasteiger partial charge < -0.3 is 9.88 Å². The maximum Gasteiger partial charge on any atom is 0.301 e. The summed E-state index contributed by atoms with van der Waals surface area (Å²) in [7, 11) is -3.52. The van der Waals surface area contributed by atoms with Crippen molar-refractivity contribution in [1.29, 1.82) is 0 Å². The van der Waals surface area contributed by atoms with Gasteiger partial charge in [-0.05, 0) is 61.5 Å². The molecule has 1 saturated heterocycles. The number of aromatic amines is 1. The van der Waals surface area contributed by atoms with Gasteiger partial charge in [0.05, 0.1) is 5.69 Å². The van der Waals surface area contributed by atoms with Crippen molar-refractivity contribution in [2.75, 3.05) is 37.4 Å². The van der Waals surface area contributed by atoms with Crippen LogP contribution in [0.4, 0.5) is 5.69 Å². The molecule has 2 aromatic rings. The molecule has 6 nitrogen and oxygen atoms in total. The molecule has 1 aromatic heterocycles. The maximum atomic E-state index is 12.5. The number of nitrogens with zero attached hydrogens (tertiary/aromatic N) is 2. The predicted octanol–water partition coefficient (Wildman–Crippen LogP) is 4.00. The molecule has 3 rings (SSSR count). The Hall–Kier alpha value is -1.57. The Kier molecular flexibility index (Phi) is 6.68. The third kappa shape index (κ3) is 4.70. The van der Waals surface area contributed by atoms with Gasteiger partial charge >= 0.3 is 10.2 Å². The molecule has 0 atom stereocenters. The molecule has 2 N–H and O–H groups in total. The Labute approximate surface area is 169 Å². The Morgan fingerprint density at radius 1 is 1.21 bits per heavy atom. The number of H-pyrrole nitrogens is 1. The minimum absolute atomic E-state index is 0.457. The van der Waals surface area contributed by atoms with Crippen molar-refractivity contribution in [2.24, 2.45) is 5.92 Å². The highest BCUT2D eigenvalue weighted by Crippen LogP contribution is 2.34. The first kappa shape index (κ1) is 21.1. The molecule has 2 heterocycles. The summed E-state index contributed by atoms with van der Waals surface area (Å²) in [5.74, 6) is 1.22. The molecule has 1 aromatic carbocycles. The predicted molar refractivity (Wildman–Crippen MR) is 117 cm³/mol. The maximum absolute atomic E-state index is 12.5. The fourth-order valence-electron chi connectivity index (χ4n) is 4.26. The summed E-state index contributed by atoms with van der Waals surface area (Å²) in [5, 5.41) is 1.13. The van der Waals surface area contributed by atoms with E-state index in [1.165, 1.54) is 9.87 Å². The first-order valence-electron chi connectivity index (χ1n) is 10.4. The number of hydrogen-bond acceptors (Lipinski definition) is 3. The van der Waals surface area contributed by atoms with Gasteiger partial charge in [-0.1, -0.05) is 27.7 Å². The van der Waals surface area contributed by atoms with Crippen molar-refractivity contribution in [3.05, 3.63) is 30.0 Å². The highest BCUT2D eigenvalue weighted by Gasteiger charge is 2.24. The molecule has 156 valence electrons. The van der Waals surface area contributed by atoms with Gasteiger partial charge in [0.2, 0.25) is 0 Å². The number of benzene rings is 1. The molecular formula is C21H34N4O2S. The van der Waals surface area contributed by atoms with E-state index in [9.17, 15) is 8.42 Å². The number of fused-ring (bicyclic) bond motifs is 1. The van der Waals surface area contributed by atoms with Gasteiger partial charge in [0.1, 0.15) is 0 Å². The standard InChI is InChI=1S/C21H34N4O2S/c1-5-25(6-2)28(26,27)23-18-7-8-21-19(13-18)20(14-22-21)17-9-11-24(12-10-17)15-16(3)4/h7-8,13-14,16-17,22-23H,5-6,9-12,15H2,1-4H3. The van der Waals surface area contributed by atoms with Crippen LogP contribution in [0.1, 0.15) is 52.0 Å². The zero-order chi connectivity index (χ0) is 20.3. The van der Waals surface area contributed by atoms with Crippen LogP contribution in [0, 0.1) is 5.92 Å². The monoisotopic (exact) mass is 406 g/mol. The molecule has 7 heteroatoms. The fourth-order valence-corrected chi connectivity index (χ4v) is 5.50. The summed E-state index contributed by atoms with van der Waals surface area (Å²) >= 11 is 0. The molecule has 0 radical (unpaired) electrons. The van der Waals surface area contributed by atoms with Crippen LogP contribution in [0.5, 0.6) is 0 Å². The summed E-state index contributed by atoms with van der Waals surface area (Å²) in [5.41, 5.74) is 2.99. The molecular weight excluding hydrogens is 372 g/mol. The van der Waals surface area contributed by atoms with E-state index < -0.39 is 10.2 Å². The van der Waals surface area contributed by atoms with Crippen molar-refractivity contribution in [2.45, 2.75) is 46.5 Å². The fraction of sp³-hybridized carbons (Fsp3) is 0.619. The first-order chi connectivity index (χ1) is 13.3. The average Bonchev–Trinajstić information content (AvgIpc) is 3.05. The second-order valence-corrected chi connectivity index (χ2v) is 9.84. The number of nitrogens with one attached hydrogen (secondary N) is 2. The quantitative estimate of drug-likeness (QED) is 0.696. The molecule has 0 bridgehead atoms. The summed E-state index contributed by atoms with van der Waals surface area (Å²) in [6.45, 7) is 12.6. The zero-order valence-corrected chi connectivity index (χ0v) is 18.3. The lowest BCUT2D eigenvalue weighted by Crippen LogP contribution is -2.35. The van der Waals surface area contributed by atoms with E-state index in [4.69, 9.17) is 0 Å². The number of likely N-dealkylation sites (tertiary alicyclic amines) is 1. The Morgan fingerprint density at radius 2 is 1.89 bits per heavy atom. The van der Waals surface area contributed by atoms with Crippen LogP contribution in [-0.4, -0.2) is 55.3 Å². The molecule has 28 heavy (non-hydrogen) atoms. The third-order valence-corrected chi connectivity index (χ3v) is 7.35. The van der Waals surface area contributed by atoms with Crippen molar-refractivity contribution in [3.8, 4) is 0 Å². The van der Waals surface area contributed by atoms with Crippen LogP contribution >= 0.6 is 0 Å². The lowest BCUT2D eigenvalue weighted by atomic mass is 9.89. The lowest BCUT2D eigenvalue weighted by Gasteiger charge is -2.33. The van der Waals surface area contributed by atoms with Gasteiger partial charge in [-0.25, -0.2) is 0 Å². The second-order valence-electron chi connectivity index (χ2n) is 8.16. The van der Waals surface area contributed by atoms with Crippen LogP contribution in [0.15, 0.2) is 24.4 Å². The zero-order valence-electron chi connectivity index (χ0n) is 17.5. The number of piperidine rings is 1. The van der Waals surface area contributed by atoms with E-state index >= 15 is 0 Å². The van der Waals surface area contributed by atoms with Gasteiger partial charge in [0.15, 0.2) is 0 Å². The highest BCUT2D eigenvalue weighted by atomic mass is 32.2. The number of aromatic nitrogens is 1. The summed E-state index contributed by atoms with van der Waals surface area (Å²) in [6, 6.07) is 5.77. The Bertz CT molecular complexity index is 879. The molecule has 0 saturated carbocycles. The van der Waals surface area contributed by atoms with E-state index in [1.807, 2.05) is 32.0 Å². The van der Waals surface area contributed by atoms with E-state index in [0.717, 1.165) is 43.4 Å². The minimum Gasteiger partial charge on any atom is -0.361 e. The summed E-state index contributed by atoms with van der Waals surface area (Å²) in [6.07, 6.45) is 4.40. The molecule has 0 unspecified atom stereocenters. The number of hydrogen-bond donors (Lipinski definition) is 2. The van der Waals surface area contributed by atoms with E-state index in [0.29, 0.717) is 30.6 Å². The molecule has 0 amide bonds. The molecule has 0 aliphatic carbocycles. The second kappa shape index (κ2) is 8.84. The topological polar surface area (TPSA) is 68.4 Å². The van der Waals surface area contributed by atoms with Gasteiger partial charge in [-0.15, -0.1) is 0 Å². The largest absolute Gasteiger partial charge is 0.361 e. The summed E-state index contributed by atoms with van der Waals surface area (Å²) < 4.78 is 29.3. The molecule has 1 fully saturated rings.